The highest BCUT2D eigenvalue weighted by molar-refractivity contribution is 5.09. The van der Waals surface area contributed by atoms with Gasteiger partial charge in [0.05, 0.1) is 0 Å². The first-order valence-electron chi connectivity index (χ1n) is 7.68. The third kappa shape index (κ3) is 7.96. The predicted molar refractivity (Wildman–Crippen MR) is 82.2 cm³/mol. The molecule has 0 aliphatic heterocycles. The molecule has 0 bridgehead atoms. The Bertz CT molecular complexity index is 300. The van der Waals surface area contributed by atoms with E-state index in [1.165, 1.54) is 44.3 Å². The third-order valence-corrected chi connectivity index (χ3v) is 3.43. The van der Waals surface area contributed by atoms with Crippen LogP contribution < -0.4 is 5.32 Å². The SMILES string of the molecule is CCNCCCCCCN(CC)Cc1ccncc1. The lowest BCUT2D eigenvalue weighted by Gasteiger charge is -2.20. The van der Waals surface area contributed by atoms with E-state index >= 15 is 0 Å². The lowest BCUT2D eigenvalue weighted by atomic mass is 10.1. The van der Waals surface area contributed by atoms with Crippen LogP contribution >= 0.6 is 0 Å². The smallest absolute Gasteiger partial charge is 0.0271 e. The van der Waals surface area contributed by atoms with Crippen molar-refractivity contribution in [3.8, 4) is 0 Å². The molecule has 3 nitrogen and oxygen atoms in total. The molecule has 0 saturated heterocycles. The van der Waals surface area contributed by atoms with E-state index in [4.69, 9.17) is 0 Å². The summed E-state index contributed by atoms with van der Waals surface area (Å²) >= 11 is 0. The highest BCUT2D eigenvalue weighted by Gasteiger charge is 2.03. The van der Waals surface area contributed by atoms with Crippen LogP contribution in [-0.2, 0) is 6.54 Å². The van der Waals surface area contributed by atoms with Crippen molar-refractivity contribution in [2.75, 3.05) is 26.2 Å². The Balaban J connectivity index is 2.09. The van der Waals surface area contributed by atoms with E-state index in [0.29, 0.717) is 0 Å². The molecule has 1 rings (SSSR count). The molecule has 3 heteroatoms. The van der Waals surface area contributed by atoms with Gasteiger partial charge in [-0.05, 0) is 56.7 Å². The Morgan fingerprint density at radius 3 is 2.47 bits per heavy atom. The maximum absolute atomic E-state index is 4.07. The second-order valence-electron chi connectivity index (χ2n) is 4.99. The first kappa shape index (κ1) is 16.1. The molecule has 0 fully saturated rings. The van der Waals surface area contributed by atoms with Gasteiger partial charge in [0, 0.05) is 18.9 Å². The maximum Gasteiger partial charge on any atom is 0.0271 e. The van der Waals surface area contributed by atoms with Gasteiger partial charge in [0.25, 0.3) is 0 Å². The standard InChI is InChI=1S/C16H29N3/c1-3-17-11-7-5-6-8-14-19(4-2)15-16-9-12-18-13-10-16/h9-10,12-13,17H,3-8,11,14-15H2,1-2H3. The summed E-state index contributed by atoms with van der Waals surface area (Å²) < 4.78 is 0. The molecule has 1 N–H and O–H groups in total. The highest BCUT2D eigenvalue weighted by atomic mass is 15.1. The summed E-state index contributed by atoms with van der Waals surface area (Å²) in [5.74, 6) is 0. The van der Waals surface area contributed by atoms with Crippen molar-refractivity contribution >= 4 is 0 Å². The summed E-state index contributed by atoms with van der Waals surface area (Å²) in [7, 11) is 0. The monoisotopic (exact) mass is 263 g/mol. The first-order chi connectivity index (χ1) is 9.36. The van der Waals surface area contributed by atoms with Gasteiger partial charge in [0.1, 0.15) is 0 Å². The van der Waals surface area contributed by atoms with Crippen LogP contribution in [0, 0.1) is 0 Å². The van der Waals surface area contributed by atoms with Crippen LogP contribution in [0.25, 0.3) is 0 Å². The fraction of sp³-hybridized carbons (Fsp3) is 0.688. The van der Waals surface area contributed by atoms with Crippen LogP contribution in [0.4, 0.5) is 0 Å². The van der Waals surface area contributed by atoms with E-state index in [1.54, 1.807) is 0 Å². The van der Waals surface area contributed by atoms with Gasteiger partial charge in [-0.1, -0.05) is 26.7 Å². The summed E-state index contributed by atoms with van der Waals surface area (Å²) in [5.41, 5.74) is 1.36. The van der Waals surface area contributed by atoms with Crippen molar-refractivity contribution in [2.24, 2.45) is 0 Å². The first-order valence-corrected chi connectivity index (χ1v) is 7.68. The molecule has 0 unspecified atom stereocenters. The molecule has 0 atom stereocenters. The van der Waals surface area contributed by atoms with Crippen molar-refractivity contribution in [1.82, 2.24) is 15.2 Å². The van der Waals surface area contributed by atoms with Crippen LogP contribution in [0.15, 0.2) is 24.5 Å². The molecule has 0 saturated carbocycles. The number of nitrogens with zero attached hydrogens (tertiary/aromatic N) is 2. The van der Waals surface area contributed by atoms with Crippen molar-refractivity contribution in [2.45, 2.75) is 46.1 Å². The van der Waals surface area contributed by atoms with Crippen LogP contribution in [-0.4, -0.2) is 36.1 Å². The number of aromatic nitrogens is 1. The Kier molecular flexibility index (Phi) is 9.29. The Morgan fingerprint density at radius 1 is 1.05 bits per heavy atom. The largest absolute Gasteiger partial charge is 0.317 e. The maximum atomic E-state index is 4.07. The second kappa shape index (κ2) is 10.9. The second-order valence-corrected chi connectivity index (χ2v) is 4.99. The van der Waals surface area contributed by atoms with Gasteiger partial charge < -0.3 is 5.32 Å². The van der Waals surface area contributed by atoms with Crippen molar-refractivity contribution in [3.05, 3.63) is 30.1 Å². The van der Waals surface area contributed by atoms with Gasteiger partial charge in [-0.25, -0.2) is 0 Å². The fourth-order valence-electron chi connectivity index (χ4n) is 2.21. The van der Waals surface area contributed by atoms with Gasteiger partial charge in [0.2, 0.25) is 0 Å². The molecule has 0 radical (unpaired) electrons. The zero-order valence-corrected chi connectivity index (χ0v) is 12.6. The van der Waals surface area contributed by atoms with Crippen LogP contribution in [0.3, 0.4) is 0 Å². The zero-order valence-electron chi connectivity index (χ0n) is 12.6. The van der Waals surface area contributed by atoms with Gasteiger partial charge >= 0.3 is 0 Å². The average molecular weight is 263 g/mol. The van der Waals surface area contributed by atoms with Crippen LogP contribution in [0.2, 0.25) is 0 Å². The quantitative estimate of drug-likeness (QED) is 0.622. The zero-order chi connectivity index (χ0) is 13.8. The van der Waals surface area contributed by atoms with E-state index in [-0.39, 0.29) is 0 Å². The molecule has 1 aromatic rings. The van der Waals surface area contributed by atoms with Crippen LogP contribution in [0.1, 0.15) is 45.1 Å². The summed E-state index contributed by atoms with van der Waals surface area (Å²) in [6.07, 6.45) is 9.07. The molecule has 108 valence electrons. The fourth-order valence-corrected chi connectivity index (χ4v) is 2.21. The van der Waals surface area contributed by atoms with Gasteiger partial charge in [-0.15, -0.1) is 0 Å². The number of hydrogen-bond acceptors (Lipinski definition) is 3. The molecular formula is C16H29N3. The van der Waals surface area contributed by atoms with E-state index in [1.807, 2.05) is 12.4 Å². The minimum Gasteiger partial charge on any atom is -0.317 e. The normalized spacial score (nSPS) is 11.1. The van der Waals surface area contributed by atoms with E-state index in [2.05, 4.69) is 41.2 Å². The highest BCUT2D eigenvalue weighted by Crippen LogP contribution is 2.06. The number of rotatable bonds is 11. The van der Waals surface area contributed by atoms with E-state index < -0.39 is 0 Å². The Morgan fingerprint density at radius 2 is 1.79 bits per heavy atom. The van der Waals surface area contributed by atoms with E-state index in [9.17, 15) is 0 Å². The number of hydrogen-bond donors (Lipinski definition) is 1. The predicted octanol–water partition coefficient (Wildman–Crippen LogP) is 3.07. The molecule has 1 aromatic heterocycles. The third-order valence-electron chi connectivity index (χ3n) is 3.43. The minimum absolute atomic E-state index is 1.05. The van der Waals surface area contributed by atoms with Crippen molar-refractivity contribution in [3.63, 3.8) is 0 Å². The van der Waals surface area contributed by atoms with Crippen LogP contribution in [0.5, 0.6) is 0 Å². The Labute approximate surface area is 118 Å². The number of unbranched alkanes of at least 4 members (excludes halogenated alkanes) is 3. The minimum atomic E-state index is 1.05. The lowest BCUT2D eigenvalue weighted by molar-refractivity contribution is 0.272. The topological polar surface area (TPSA) is 28.2 Å². The summed E-state index contributed by atoms with van der Waals surface area (Å²) in [6, 6.07) is 4.22. The summed E-state index contributed by atoms with van der Waals surface area (Å²) in [5, 5.41) is 3.38. The van der Waals surface area contributed by atoms with E-state index in [0.717, 1.165) is 19.6 Å². The molecule has 0 aliphatic carbocycles. The molecule has 0 aromatic carbocycles. The van der Waals surface area contributed by atoms with Crippen molar-refractivity contribution in [1.29, 1.82) is 0 Å². The molecule has 1 heterocycles. The van der Waals surface area contributed by atoms with Crippen molar-refractivity contribution < 1.29 is 0 Å². The summed E-state index contributed by atoms with van der Waals surface area (Å²) in [4.78, 5) is 6.58. The van der Waals surface area contributed by atoms with Gasteiger partial charge in [0.15, 0.2) is 0 Å². The number of pyridine rings is 1. The molecular weight excluding hydrogens is 234 g/mol. The molecule has 0 spiro atoms. The average Bonchev–Trinajstić information content (AvgIpc) is 2.46. The lowest BCUT2D eigenvalue weighted by Crippen LogP contribution is -2.24. The number of nitrogens with one attached hydrogen (secondary N) is 1. The Hall–Kier alpha value is -0.930. The van der Waals surface area contributed by atoms with Gasteiger partial charge in [-0.2, -0.15) is 0 Å². The van der Waals surface area contributed by atoms with Gasteiger partial charge in [-0.3, -0.25) is 9.88 Å². The molecule has 19 heavy (non-hydrogen) atoms. The summed E-state index contributed by atoms with van der Waals surface area (Å²) in [6.45, 7) is 10.1. The molecule has 0 aliphatic rings. The molecule has 0 amide bonds.